The Bertz CT molecular complexity index is 1520. The van der Waals surface area contributed by atoms with Crippen molar-refractivity contribution in [1.82, 2.24) is 5.32 Å². The van der Waals surface area contributed by atoms with Crippen LogP contribution in [0.25, 0.3) is 21.9 Å². The molecule has 5 rings (SSSR count). The van der Waals surface area contributed by atoms with Crippen LogP contribution in [0.1, 0.15) is 29.7 Å². The molecule has 5 aromatic rings. The van der Waals surface area contributed by atoms with Crippen LogP contribution >= 0.6 is 0 Å². The molecule has 3 N–H and O–H groups in total. The summed E-state index contributed by atoms with van der Waals surface area (Å²) in [6.45, 7) is 2.44. The quantitative estimate of drug-likeness (QED) is 0.233. The van der Waals surface area contributed by atoms with Crippen LogP contribution in [0.15, 0.2) is 121 Å². The second kappa shape index (κ2) is 11.8. The van der Waals surface area contributed by atoms with Crippen molar-refractivity contribution >= 4 is 16.7 Å². The van der Waals surface area contributed by atoms with Gasteiger partial charge in [-0.3, -0.25) is 4.79 Å². The number of fused-ring (bicyclic) bond motifs is 1. The summed E-state index contributed by atoms with van der Waals surface area (Å²) >= 11 is 0. The SMILES string of the molecule is C[C@H](NC(=O)[C@@H](N)Cc1ccc(OCc2ccccc2)c(-c2ccc3ccccc3c2)c1)c1ccccc1. The molecule has 0 heterocycles. The molecule has 0 unspecified atom stereocenters. The molecule has 1 amide bonds. The fraction of sp³-hybridized carbons (Fsp3) is 0.147. The third-order valence-corrected chi connectivity index (χ3v) is 6.79. The van der Waals surface area contributed by atoms with Crippen molar-refractivity contribution < 1.29 is 9.53 Å². The maximum absolute atomic E-state index is 12.9. The number of nitrogens with one attached hydrogen (secondary N) is 1. The number of rotatable bonds is 9. The van der Waals surface area contributed by atoms with Gasteiger partial charge in [0.05, 0.1) is 12.1 Å². The number of carbonyl (C=O) groups excluding carboxylic acids is 1. The van der Waals surface area contributed by atoms with E-state index in [0.717, 1.165) is 39.0 Å². The molecule has 0 saturated carbocycles. The van der Waals surface area contributed by atoms with E-state index < -0.39 is 6.04 Å². The van der Waals surface area contributed by atoms with E-state index >= 15 is 0 Å². The fourth-order valence-electron chi connectivity index (χ4n) is 4.64. The Morgan fingerprint density at radius 1 is 0.763 bits per heavy atom. The van der Waals surface area contributed by atoms with Gasteiger partial charge < -0.3 is 15.8 Å². The Labute approximate surface area is 224 Å². The minimum atomic E-state index is -0.665. The minimum Gasteiger partial charge on any atom is -0.488 e. The third kappa shape index (κ3) is 6.10. The molecule has 4 heteroatoms. The first-order valence-corrected chi connectivity index (χ1v) is 13.0. The molecule has 0 aliphatic heterocycles. The molecule has 0 spiro atoms. The summed E-state index contributed by atoms with van der Waals surface area (Å²) in [5, 5.41) is 5.39. The zero-order chi connectivity index (χ0) is 26.3. The smallest absolute Gasteiger partial charge is 0.237 e. The van der Waals surface area contributed by atoms with E-state index in [1.807, 2.05) is 79.7 Å². The van der Waals surface area contributed by atoms with E-state index in [-0.39, 0.29) is 11.9 Å². The Morgan fingerprint density at radius 3 is 2.21 bits per heavy atom. The highest BCUT2D eigenvalue weighted by Crippen LogP contribution is 2.34. The van der Waals surface area contributed by atoms with Gasteiger partial charge in [0, 0.05) is 5.56 Å². The average Bonchev–Trinajstić information content (AvgIpc) is 2.97. The molecule has 0 aliphatic rings. The van der Waals surface area contributed by atoms with Gasteiger partial charge in [-0.05, 0) is 64.6 Å². The summed E-state index contributed by atoms with van der Waals surface area (Å²) < 4.78 is 6.29. The van der Waals surface area contributed by atoms with Gasteiger partial charge in [0.15, 0.2) is 0 Å². The molecule has 0 aromatic heterocycles. The van der Waals surface area contributed by atoms with Crippen LogP contribution < -0.4 is 15.8 Å². The van der Waals surface area contributed by atoms with E-state index in [4.69, 9.17) is 10.5 Å². The van der Waals surface area contributed by atoms with Crippen molar-refractivity contribution in [3.63, 3.8) is 0 Å². The Kier molecular flexibility index (Phi) is 7.81. The van der Waals surface area contributed by atoms with Gasteiger partial charge in [-0.1, -0.05) is 103 Å². The minimum absolute atomic E-state index is 0.114. The lowest BCUT2D eigenvalue weighted by Crippen LogP contribution is -2.42. The predicted molar refractivity (Wildman–Crippen MR) is 155 cm³/mol. The van der Waals surface area contributed by atoms with Crippen LogP contribution in [0.2, 0.25) is 0 Å². The zero-order valence-electron chi connectivity index (χ0n) is 21.5. The fourth-order valence-corrected chi connectivity index (χ4v) is 4.64. The lowest BCUT2D eigenvalue weighted by atomic mass is 9.96. The van der Waals surface area contributed by atoms with Crippen LogP contribution in [-0.4, -0.2) is 11.9 Å². The summed E-state index contributed by atoms with van der Waals surface area (Å²) in [7, 11) is 0. The van der Waals surface area contributed by atoms with Crippen molar-refractivity contribution in [1.29, 1.82) is 0 Å². The molecule has 0 radical (unpaired) electrons. The summed E-state index contributed by atoms with van der Waals surface area (Å²) in [5.74, 6) is 0.626. The monoisotopic (exact) mass is 500 g/mol. The van der Waals surface area contributed by atoms with Gasteiger partial charge >= 0.3 is 0 Å². The lowest BCUT2D eigenvalue weighted by molar-refractivity contribution is -0.123. The molecule has 190 valence electrons. The highest BCUT2D eigenvalue weighted by atomic mass is 16.5. The molecule has 38 heavy (non-hydrogen) atoms. The van der Waals surface area contributed by atoms with Crippen LogP contribution in [0.3, 0.4) is 0 Å². The van der Waals surface area contributed by atoms with E-state index in [2.05, 4.69) is 53.8 Å². The Morgan fingerprint density at radius 2 is 1.45 bits per heavy atom. The van der Waals surface area contributed by atoms with E-state index in [0.29, 0.717) is 13.0 Å². The van der Waals surface area contributed by atoms with Crippen molar-refractivity contribution in [2.24, 2.45) is 5.73 Å². The molecule has 4 nitrogen and oxygen atoms in total. The van der Waals surface area contributed by atoms with Gasteiger partial charge in [0.2, 0.25) is 5.91 Å². The number of nitrogens with two attached hydrogens (primary N) is 1. The van der Waals surface area contributed by atoms with Crippen molar-refractivity contribution in [3.05, 3.63) is 138 Å². The van der Waals surface area contributed by atoms with E-state index in [1.165, 1.54) is 5.39 Å². The zero-order valence-corrected chi connectivity index (χ0v) is 21.5. The molecule has 2 atom stereocenters. The highest BCUT2D eigenvalue weighted by Gasteiger charge is 2.18. The molecule has 0 saturated heterocycles. The van der Waals surface area contributed by atoms with Gasteiger partial charge in [0.25, 0.3) is 0 Å². The topological polar surface area (TPSA) is 64.4 Å². The van der Waals surface area contributed by atoms with Crippen LogP contribution in [0.4, 0.5) is 0 Å². The molecule has 0 fully saturated rings. The Balaban J connectivity index is 1.38. The summed E-state index contributed by atoms with van der Waals surface area (Å²) in [6, 6.07) is 40.1. The molecular formula is C34H32N2O2. The largest absolute Gasteiger partial charge is 0.488 e. The maximum Gasteiger partial charge on any atom is 0.237 e. The first-order chi connectivity index (χ1) is 18.6. The molecule has 0 aliphatic carbocycles. The standard InChI is InChI=1S/C34H32N2O2/c1-24(27-12-6-3-7-13-27)36-34(37)32(35)21-26-16-19-33(38-23-25-10-4-2-5-11-25)31(20-26)30-18-17-28-14-8-9-15-29(28)22-30/h2-20,22,24,32H,21,23,35H2,1H3,(H,36,37)/t24-,32-/m0/s1. The van der Waals surface area contributed by atoms with Crippen LogP contribution in [-0.2, 0) is 17.8 Å². The van der Waals surface area contributed by atoms with Gasteiger partial charge in [-0.15, -0.1) is 0 Å². The second-order valence-electron chi connectivity index (χ2n) is 9.62. The molecule has 0 bridgehead atoms. The normalized spacial score (nSPS) is 12.6. The van der Waals surface area contributed by atoms with E-state index in [9.17, 15) is 4.79 Å². The summed E-state index contributed by atoms with van der Waals surface area (Å²) in [6.07, 6.45) is 0.424. The number of hydrogen-bond acceptors (Lipinski definition) is 3. The number of benzene rings is 5. The first-order valence-electron chi connectivity index (χ1n) is 13.0. The van der Waals surface area contributed by atoms with Crippen molar-refractivity contribution in [3.8, 4) is 16.9 Å². The number of carbonyl (C=O) groups is 1. The van der Waals surface area contributed by atoms with Gasteiger partial charge in [0.1, 0.15) is 12.4 Å². The van der Waals surface area contributed by atoms with E-state index in [1.54, 1.807) is 0 Å². The van der Waals surface area contributed by atoms with Crippen molar-refractivity contribution in [2.45, 2.75) is 32.0 Å². The van der Waals surface area contributed by atoms with Gasteiger partial charge in [-0.2, -0.15) is 0 Å². The van der Waals surface area contributed by atoms with Gasteiger partial charge in [-0.25, -0.2) is 0 Å². The number of ether oxygens (including phenoxy) is 1. The molecular weight excluding hydrogens is 468 g/mol. The lowest BCUT2D eigenvalue weighted by Gasteiger charge is -2.19. The highest BCUT2D eigenvalue weighted by molar-refractivity contribution is 5.88. The summed E-state index contributed by atoms with van der Waals surface area (Å²) in [5.41, 5.74) is 11.5. The van der Waals surface area contributed by atoms with Crippen molar-refractivity contribution in [2.75, 3.05) is 0 Å². The first kappa shape index (κ1) is 25.2. The number of amides is 1. The Hall–Kier alpha value is -4.41. The molecule has 5 aromatic carbocycles. The number of hydrogen-bond donors (Lipinski definition) is 2. The third-order valence-electron chi connectivity index (χ3n) is 6.79. The van der Waals surface area contributed by atoms with Crippen LogP contribution in [0.5, 0.6) is 5.75 Å². The maximum atomic E-state index is 12.9. The van der Waals surface area contributed by atoms with Crippen LogP contribution in [0, 0.1) is 0 Å². The predicted octanol–water partition coefficient (Wildman–Crippen LogP) is 6.83. The summed E-state index contributed by atoms with van der Waals surface area (Å²) in [4.78, 5) is 12.9. The average molecular weight is 501 g/mol. The second-order valence-corrected chi connectivity index (χ2v) is 9.62.